The van der Waals surface area contributed by atoms with Gasteiger partial charge in [0, 0.05) is 0 Å². The smallest absolute Gasteiger partial charge is 0.422 e. The second-order valence-corrected chi connectivity index (χ2v) is 5.32. The monoisotopic (exact) mass is 266 g/mol. The van der Waals surface area contributed by atoms with Crippen LogP contribution in [-0.2, 0) is 4.74 Å². The van der Waals surface area contributed by atoms with Crippen molar-refractivity contribution in [2.75, 3.05) is 0 Å². The van der Waals surface area contributed by atoms with Crippen LogP contribution in [0.1, 0.15) is 45.7 Å². The number of amides is 1. The highest BCUT2D eigenvalue weighted by molar-refractivity contribution is 5.67. The predicted molar refractivity (Wildman–Crippen MR) is 73.6 cm³/mol. The molecule has 0 saturated carbocycles. The molecule has 0 aliphatic rings. The average molecular weight is 266 g/mol. The van der Waals surface area contributed by atoms with Crippen molar-refractivity contribution in [3.05, 3.63) is 29.8 Å². The van der Waals surface area contributed by atoms with Crippen LogP contribution in [0.5, 0.6) is 5.75 Å². The molecule has 5 nitrogen and oxygen atoms in total. The molecule has 0 saturated heterocycles. The highest BCUT2D eigenvalue weighted by Crippen LogP contribution is 2.18. The van der Waals surface area contributed by atoms with Crippen LogP contribution < -0.4 is 10.9 Å². The fourth-order valence-corrected chi connectivity index (χ4v) is 1.58. The summed E-state index contributed by atoms with van der Waals surface area (Å²) in [4.78, 5) is 11.5. The first-order valence-corrected chi connectivity index (χ1v) is 6.35. The Kier molecular flexibility index (Phi) is 5.18. The molecule has 1 amide bonds. The van der Waals surface area contributed by atoms with E-state index in [4.69, 9.17) is 4.74 Å². The Bertz CT molecular complexity index is 410. The van der Waals surface area contributed by atoms with Crippen molar-refractivity contribution in [1.29, 1.82) is 0 Å². The molecule has 19 heavy (non-hydrogen) atoms. The maximum absolute atomic E-state index is 11.5. The van der Waals surface area contributed by atoms with E-state index in [1.54, 1.807) is 12.1 Å². The lowest BCUT2D eigenvalue weighted by Gasteiger charge is -2.22. The van der Waals surface area contributed by atoms with Gasteiger partial charge in [0.1, 0.15) is 11.4 Å². The summed E-state index contributed by atoms with van der Waals surface area (Å²) >= 11 is 0. The number of carbonyl (C=O) groups excluding carboxylic acids is 1. The molecule has 106 valence electrons. The Labute approximate surface area is 113 Å². The van der Waals surface area contributed by atoms with Crippen molar-refractivity contribution in [1.82, 2.24) is 10.9 Å². The minimum absolute atomic E-state index is 0.0341. The molecule has 0 fully saturated rings. The zero-order valence-corrected chi connectivity index (χ0v) is 11.9. The molecule has 1 aromatic carbocycles. The third kappa shape index (κ3) is 5.61. The lowest BCUT2D eigenvalue weighted by atomic mass is 10.1. The Balaban J connectivity index is 2.54. The third-order valence-electron chi connectivity index (χ3n) is 2.45. The number of ether oxygens (including phenoxy) is 1. The number of phenolic OH excluding ortho intramolecular Hbond substituents is 1. The van der Waals surface area contributed by atoms with E-state index in [-0.39, 0.29) is 11.8 Å². The number of hydrazine groups is 1. The van der Waals surface area contributed by atoms with Crippen molar-refractivity contribution in [3.63, 3.8) is 0 Å². The van der Waals surface area contributed by atoms with E-state index in [0.717, 1.165) is 12.0 Å². The summed E-state index contributed by atoms with van der Waals surface area (Å²) in [5.41, 5.74) is 5.91. The maximum Gasteiger partial charge on any atom is 0.422 e. The molecule has 0 bridgehead atoms. The van der Waals surface area contributed by atoms with Gasteiger partial charge in [0.25, 0.3) is 0 Å². The first-order valence-electron chi connectivity index (χ1n) is 6.35. The highest BCUT2D eigenvalue weighted by Gasteiger charge is 2.17. The second-order valence-electron chi connectivity index (χ2n) is 5.32. The molecule has 0 radical (unpaired) electrons. The molecule has 0 aliphatic heterocycles. The molecule has 1 atom stereocenters. The summed E-state index contributed by atoms with van der Waals surface area (Å²) in [6.07, 6.45) is 0.283. The van der Waals surface area contributed by atoms with Crippen LogP contribution in [0.2, 0.25) is 0 Å². The van der Waals surface area contributed by atoms with Gasteiger partial charge in [-0.2, -0.15) is 0 Å². The first-order chi connectivity index (χ1) is 8.81. The number of carbonyl (C=O) groups is 1. The standard InChI is InChI=1S/C14H22N2O3/c1-5-12(10-6-8-11(17)9-7-10)15-16-13(18)19-14(2,3)4/h6-9,12,15,17H,5H2,1-4H3,(H,16,18). The molecule has 3 N–H and O–H groups in total. The lowest BCUT2D eigenvalue weighted by Crippen LogP contribution is -2.42. The van der Waals surface area contributed by atoms with Crippen molar-refractivity contribution in [3.8, 4) is 5.75 Å². The number of rotatable bonds is 4. The fourth-order valence-electron chi connectivity index (χ4n) is 1.58. The Morgan fingerprint density at radius 2 is 1.89 bits per heavy atom. The van der Waals surface area contributed by atoms with Crippen LogP contribution in [0, 0.1) is 0 Å². The van der Waals surface area contributed by atoms with Gasteiger partial charge in [-0.1, -0.05) is 19.1 Å². The molecular weight excluding hydrogens is 244 g/mol. The van der Waals surface area contributed by atoms with E-state index in [9.17, 15) is 9.90 Å². The minimum atomic E-state index is -0.522. The molecule has 0 heterocycles. The van der Waals surface area contributed by atoms with Gasteiger partial charge in [-0.15, -0.1) is 0 Å². The summed E-state index contributed by atoms with van der Waals surface area (Å²) in [5.74, 6) is 0.221. The van der Waals surface area contributed by atoms with E-state index in [2.05, 4.69) is 10.9 Å². The van der Waals surface area contributed by atoms with Crippen molar-refractivity contribution in [2.24, 2.45) is 0 Å². The van der Waals surface area contributed by atoms with E-state index in [0.29, 0.717) is 0 Å². The topological polar surface area (TPSA) is 70.6 Å². The number of phenols is 1. The molecule has 0 aromatic heterocycles. The fraction of sp³-hybridized carbons (Fsp3) is 0.500. The summed E-state index contributed by atoms with van der Waals surface area (Å²) < 4.78 is 5.14. The van der Waals surface area contributed by atoms with Gasteiger partial charge in [-0.3, -0.25) is 5.43 Å². The predicted octanol–water partition coefficient (Wildman–Crippen LogP) is 2.87. The number of aromatic hydroxyl groups is 1. The zero-order chi connectivity index (χ0) is 14.5. The van der Waals surface area contributed by atoms with E-state index in [1.807, 2.05) is 39.8 Å². The van der Waals surface area contributed by atoms with Gasteiger partial charge in [0.2, 0.25) is 0 Å². The van der Waals surface area contributed by atoms with Gasteiger partial charge in [-0.25, -0.2) is 10.2 Å². The quantitative estimate of drug-likeness (QED) is 0.733. The van der Waals surface area contributed by atoms with Crippen LogP contribution in [0.4, 0.5) is 4.79 Å². The van der Waals surface area contributed by atoms with E-state index in [1.165, 1.54) is 0 Å². The van der Waals surface area contributed by atoms with Crippen molar-refractivity contribution in [2.45, 2.75) is 45.8 Å². The molecule has 1 rings (SSSR count). The summed E-state index contributed by atoms with van der Waals surface area (Å²) in [5, 5.41) is 9.25. The SMILES string of the molecule is CCC(NNC(=O)OC(C)(C)C)c1ccc(O)cc1. The van der Waals surface area contributed by atoms with Crippen molar-refractivity contribution < 1.29 is 14.6 Å². The number of hydrogen-bond acceptors (Lipinski definition) is 4. The molecule has 0 aliphatic carbocycles. The lowest BCUT2D eigenvalue weighted by molar-refractivity contribution is 0.0487. The largest absolute Gasteiger partial charge is 0.508 e. The highest BCUT2D eigenvalue weighted by atomic mass is 16.6. The molecule has 1 aromatic rings. The van der Waals surface area contributed by atoms with Crippen LogP contribution in [0.3, 0.4) is 0 Å². The van der Waals surface area contributed by atoms with Crippen LogP contribution in [-0.4, -0.2) is 16.8 Å². The van der Waals surface area contributed by atoms with E-state index >= 15 is 0 Å². The van der Waals surface area contributed by atoms with Gasteiger partial charge in [0.05, 0.1) is 6.04 Å². The van der Waals surface area contributed by atoms with Gasteiger partial charge in [-0.05, 0) is 44.9 Å². The third-order valence-corrected chi connectivity index (χ3v) is 2.45. The van der Waals surface area contributed by atoms with Crippen LogP contribution in [0.15, 0.2) is 24.3 Å². The van der Waals surface area contributed by atoms with Crippen molar-refractivity contribution >= 4 is 6.09 Å². The van der Waals surface area contributed by atoms with E-state index < -0.39 is 11.7 Å². The van der Waals surface area contributed by atoms with Crippen LogP contribution in [0.25, 0.3) is 0 Å². The maximum atomic E-state index is 11.5. The second kappa shape index (κ2) is 6.43. The Hall–Kier alpha value is -1.75. The van der Waals surface area contributed by atoms with Gasteiger partial charge in [0.15, 0.2) is 0 Å². The first kappa shape index (κ1) is 15.3. The minimum Gasteiger partial charge on any atom is -0.508 e. The summed E-state index contributed by atoms with van der Waals surface area (Å²) in [7, 11) is 0. The number of hydrogen-bond donors (Lipinski definition) is 3. The summed E-state index contributed by atoms with van der Waals surface area (Å²) in [6.45, 7) is 7.43. The molecule has 1 unspecified atom stereocenters. The zero-order valence-electron chi connectivity index (χ0n) is 11.9. The van der Waals surface area contributed by atoms with Gasteiger partial charge >= 0.3 is 6.09 Å². The molecule has 0 spiro atoms. The molecule has 5 heteroatoms. The molecular formula is C14H22N2O3. The Morgan fingerprint density at radius 1 is 1.32 bits per heavy atom. The van der Waals surface area contributed by atoms with Gasteiger partial charge < -0.3 is 9.84 Å². The number of nitrogens with one attached hydrogen (secondary N) is 2. The average Bonchev–Trinajstić information content (AvgIpc) is 2.29. The Morgan fingerprint density at radius 3 is 2.37 bits per heavy atom. The number of benzene rings is 1. The van der Waals surface area contributed by atoms with Crippen LogP contribution >= 0.6 is 0 Å². The summed E-state index contributed by atoms with van der Waals surface area (Å²) in [6, 6.07) is 6.83. The normalized spacial score (nSPS) is 12.8.